The number of hydrogen-bond donors (Lipinski definition) is 2. The lowest BCUT2D eigenvalue weighted by molar-refractivity contribution is 0.0571. The number of aromatic carboxylic acids is 1. The highest BCUT2D eigenvalue weighted by Gasteiger charge is 2.29. The van der Waals surface area contributed by atoms with Crippen LogP contribution in [-0.2, 0) is 0 Å². The second kappa shape index (κ2) is 5.28. The van der Waals surface area contributed by atoms with E-state index in [4.69, 9.17) is 5.11 Å². The van der Waals surface area contributed by atoms with Gasteiger partial charge in [-0.3, -0.25) is 4.79 Å². The Bertz CT molecular complexity index is 550. The number of nitrogens with one attached hydrogen (secondary N) is 1. The number of aryl methyl sites for hydroxylation is 1. The Kier molecular flexibility index (Phi) is 3.85. The molecular weight excluding hydrogens is 258 g/mol. The summed E-state index contributed by atoms with van der Waals surface area (Å²) in [5.74, 6) is -1.11. The molecule has 1 fully saturated rings. The molecule has 1 aromatic rings. The quantitative estimate of drug-likeness (QED) is 0.850. The van der Waals surface area contributed by atoms with Gasteiger partial charge in [0.15, 0.2) is 0 Å². The first kappa shape index (κ1) is 14.6. The van der Waals surface area contributed by atoms with Crippen LogP contribution in [0.2, 0.25) is 0 Å². The van der Waals surface area contributed by atoms with Crippen LogP contribution in [0.15, 0.2) is 0 Å². The lowest BCUT2D eigenvalue weighted by Crippen LogP contribution is -2.52. The van der Waals surface area contributed by atoms with Crippen LogP contribution in [0.5, 0.6) is 0 Å². The third kappa shape index (κ3) is 2.43. The minimum absolute atomic E-state index is 0.0799. The minimum Gasteiger partial charge on any atom is -0.477 e. The minimum atomic E-state index is -1.03. The van der Waals surface area contributed by atoms with E-state index in [2.05, 4.69) is 16.8 Å². The Labute approximate surface area is 118 Å². The summed E-state index contributed by atoms with van der Waals surface area (Å²) >= 11 is 0. The zero-order valence-electron chi connectivity index (χ0n) is 12.4. The number of nitrogens with zero attached hydrogens (tertiary/aromatic N) is 2. The molecular formula is C14H21N3O3. The van der Waals surface area contributed by atoms with Crippen molar-refractivity contribution < 1.29 is 14.7 Å². The summed E-state index contributed by atoms with van der Waals surface area (Å²) in [5, 5.41) is 9.11. The molecule has 2 heterocycles. The van der Waals surface area contributed by atoms with Gasteiger partial charge in [-0.05, 0) is 33.4 Å². The summed E-state index contributed by atoms with van der Waals surface area (Å²) in [5.41, 5.74) is 1.75. The lowest BCUT2D eigenvalue weighted by atomic mass is 10.1. The molecule has 0 bridgehead atoms. The zero-order valence-corrected chi connectivity index (χ0v) is 12.4. The van der Waals surface area contributed by atoms with Crippen LogP contribution in [-0.4, -0.2) is 64.5 Å². The van der Waals surface area contributed by atoms with E-state index < -0.39 is 5.97 Å². The SMILES string of the molecule is Cc1[nH]c(C(=O)O)c(C)c1C(=O)N1CCN(C)C(C)C1. The Balaban J connectivity index is 2.28. The molecule has 2 N–H and O–H groups in total. The number of aromatic amines is 1. The number of carbonyl (C=O) groups is 2. The molecule has 1 aliphatic heterocycles. The molecule has 6 heteroatoms. The number of aromatic nitrogens is 1. The molecule has 1 unspecified atom stereocenters. The molecule has 1 aliphatic rings. The van der Waals surface area contributed by atoms with Gasteiger partial charge in [-0.1, -0.05) is 0 Å². The van der Waals surface area contributed by atoms with Crippen LogP contribution < -0.4 is 0 Å². The van der Waals surface area contributed by atoms with Crippen molar-refractivity contribution in [1.82, 2.24) is 14.8 Å². The van der Waals surface area contributed by atoms with Crippen molar-refractivity contribution in [1.29, 1.82) is 0 Å². The third-order valence-electron chi connectivity index (χ3n) is 4.11. The standard InChI is InChI=1S/C14H21N3O3/c1-8-7-17(6-5-16(8)4)13(18)11-9(2)12(14(19)20)15-10(11)3/h8,15H,5-7H2,1-4H3,(H,19,20). The van der Waals surface area contributed by atoms with Gasteiger partial charge in [0.2, 0.25) is 0 Å². The Morgan fingerprint density at radius 3 is 2.45 bits per heavy atom. The first-order chi connectivity index (χ1) is 9.32. The van der Waals surface area contributed by atoms with Crippen molar-refractivity contribution in [2.75, 3.05) is 26.7 Å². The molecule has 2 rings (SSSR count). The predicted octanol–water partition coefficient (Wildman–Crippen LogP) is 1.11. The Hall–Kier alpha value is -1.82. The van der Waals surface area contributed by atoms with Crippen LogP contribution >= 0.6 is 0 Å². The molecule has 1 amide bonds. The van der Waals surface area contributed by atoms with Crippen molar-refractivity contribution in [3.05, 3.63) is 22.5 Å². The number of amides is 1. The van der Waals surface area contributed by atoms with Gasteiger partial charge in [0, 0.05) is 31.4 Å². The Morgan fingerprint density at radius 2 is 1.95 bits per heavy atom. The van der Waals surface area contributed by atoms with Gasteiger partial charge < -0.3 is 19.9 Å². The maximum absolute atomic E-state index is 12.6. The van der Waals surface area contributed by atoms with Gasteiger partial charge >= 0.3 is 5.97 Å². The second-order valence-electron chi connectivity index (χ2n) is 5.51. The van der Waals surface area contributed by atoms with Crippen molar-refractivity contribution >= 4 is 11.9 Å². The van der Waals surface area contributed by atoms with E-state index in [-0.39, 0.29) is 11.6 Å². The van der Waals surface area contributed by atoms with Crippen molar-refractivity contribution in [2.24, 2.45) is 0 Å². The normalized spacial score (nSPS) is 20.2. The summed E-state index contributed by atoms with van der Waals surface area (Å²) in [6.07, 6.45) is 0. The first-order valence-corrected chi connectivity index (χ1v) is 6.75. The number of carbonyl (C=O) groups excluding carboxylic acids is 1. The number of carboxylic acids is 1. The van der Waals surface area contributed by atoms with Crippen LogP contribution in [0, 0.1) is 13.8 Å². The number of carboxylic acid groups (broad SMARTS) is 1. The molecule has 0 aliphatic carbocycles. The van der Waals surface area contributed by atoms with Gasteiger partial charge in [-0.25, -0.2) is 4.79 Å². The maximum Gasteiger partial charge on any atom is 0.352 e. The summed E-state index contributed by atoms with van der Waals surface area (Å²) in [4.78, 5) is 30.6. The van der Waals surface area contributed by atoms with Gasteiger partial charge in [0.05, 0.1) is 5.56 Å². The van der Waals surface area contributed by atoms with Gasteiger partial charge in [-0.2, -0.15) is 0 Å². The number of rotatable bonds is 2. The monoisotopic (exact) mass is 279 g/mol. The number of H-pyrrole nitrogens is 1. The smallest absolute Gasteiger partial charge is 0.352 e. The number of likely N-dealkylation sites (N-methyl/N-ethyl adjacent to an activating group) is 1. The highest BCUT2D eigenvalue weighted by molar-refractivity contribution is 6.00. The fourth-order valence-electron chi connectivity index (χ4n) is 2.68. The molecule has 0 saturated carbocycles. The predicted molar refractivity (Wildman–Crippen MR) is 75.2 cm³/mol. The van der Waals surface area contributed by atoms with Crippen LogP contribution in [0.4, 0.5) is 0 Å². The molecule has 0 radical (unpaired) electrons. The van der Waals surface area contributed by atoms with Crippen molar-refractivity contribution in [3.8, 4) is 0 Å². The molecule has 1 atom stereocenters. The van der Waals surface area contributed by atoms with E-state index in [1.165, 1.54) is 0 Å². The maximum atomic E-state index is 12.6. The molecule has 20 heavy (non-hydrogen) atoms. The van der Waals surface area contributed by atoms with Gasteiger partial charge in [0.25, 0.3) is 5.91 Å². The fraction of sp³-hybridized carbons (Fsp3) is 0.571. The highest BCUT2D eigenvalue weighted by atomic mass is 16.4. The zero-order chi connectivity index (χ0) is 15.0. The molecule has 1 aromatic heterocycles. The van der Waals surface area contributed by atoms with E-state index in [1.54, 1.807) is 18.7 Å². The van der Waals surface area contributed by atoms with Gasteiger partial charge in [-0.15, -0.1) is 0 Å². The van der Waals surface area contributed by atoms with E-state index in [1.807, 2.05) is 7.05 Å². The summed E-state index contributed by atoms with van der Waals surface area (Å²) in [6, 6.07) is 0.311. The number of piperazine rings is 1. The highest BCUT2D eigenvalue weighted by Crippen LogP contribution is 2.21. The Morgan fingerprint density at radius 1 is 1.30 bits per heavy atom. The van der Waals surface area contributed by atoms with E-state index >= 15 is 0 Å². The number of hydrogen-bond acceptors (Lipinski definition) is 3. The first-order valence-electron chi connectivity index (χ1n) is 6.75. The van der Waals surface area contributed by atoms with Crippen LogP contribution in [0.25, 0.3) is 0 Å². The van der Waals surface area contributed by atoms with E-state index in [0.29, 0.717) is 36.0 Å². The average Bonchev–Trinajstić information content (AvgIpc) is 2.67. The van der Waals surface area contributed by atoms with E-state index in [9.17, 15) is 9.59 Å². The summed E-state index contributed by atoms with van der Waals surface area (Å²) in [7, 11) is 2.04. The second-order valence-corrected chi connectivity index (χ2v) is 5.51. The molecule has 110 valence electrons. The molecule has 0 aromatic carbocycles. The molecule has 1 saturated heterocycles. The van der Waals surface area contributed by atoms with Crippen LogP contribution in [0.1, 0.15) is 39.0 Å². The summed E-state index contributed by atoms with van der Waals surface area (Å²) in [6.45, 7) is 7.68. The average molecular weight is 279 g/mol. The summed E-state index contributed by atoms with van der Waals surface area (Å²) < 4.78 is 0. The fourth-order valence-corrected chi connectivity index (χ4v) is 2.68. The topological polar surface area (TPSA) is 76.6 Å². The van der Waals surface area contributed by atoms with Gasteiger partial charge in [0.1, 0.15) is 5.69 Å². The van der Waals surface area contributed by atoms with Crippen molar-refractivity contribution in [3.63, 3.8) is 0 Å². The van der Waals surface area contributed by atoms with E-state index in [0.717, 1.165) is 6.54 Å². The molecule has 6 nitrogen and oxygen atoms in total. The van der Waals surface area contributed by atoms with Crippen LogP contribution in [0.3, 0.4) is 0 Å². The van der Waals surface area contributed by atoms with Crippen molar-refractivity contribution in [2.45, 2.75) is 26.8 Å². The lowest BCUT2D eigenvalue weighted by Gasteiger charge is -2.37. The third-order valence-corrected chi connectivity index (χ3v) is 4.11. The molecule has 0 spiro atoms. The largest absolute Gasteiger partial charge is 0.477 e.